The summed E-state index contributed by atoms with van der Waals surface area (Å²) in [6.45, 7) is 6.42. The van der Waals surface area contributed by atoms with Crippen molar-refractivity contribution < 1.29 is 9.18 Å². The molecular weight excluding hydrogens is 447 g/mol. The van der Waals surface area contributed by atoms with Crippen molar-refractivity contribution in [1.29, 1.82) is 0 Å². The van der Waals surface area contributed by atoms with Crippen LogP contribution in [0.4, 0.5) is 4.39 Å². The zero-order chi connectivity index (χ0) is 24.7. The first-order valence-corrected chi connectivity index (χ1v) is 12.4. The second-order valence-corrected chi connectivity index (χ2v) is 10.1. The van der Waals surface area contributed by atoms with Gasteiger partial charge in [0.05, 0.1) is 23.0 Å². The van der Waals surface area contributed by atoms with E-state index in [1.54, 1.807) is 35.2 Å². The number of H-pyrrole nitrogens is 1. The fraction of sp³-hybridized carbons (Fsp3) is 0.444. The topological polar surface area (TPSA) is 78.4 Å². The van der Waals surface area contributed by atoms with Gasteiger partial charge in [-0.3, -0.25) is 24.0 Å². The lowest BCUT2D eigenvalue weighted by Gasteiger charge is -2.44. The molecule has 5 rings (SSSR count). The Morgan fingerprint density at radius 2 is 1.89 bits per heavy atom. The molecule has 1 N–H and O–H groups in total. The van der Waals surface area contributed by atoms with Gasteiger partial charge < -0.3 is 4.90 Å². The summed E-state index contributed by atoms with van der Waals surface area (Å²) in [5.41, 5.74) is 0.139. The van der Waals surface area contributed by atoms with Gasteiger partial charge in [0.2, 0.25) is 0 Å². The number of carbonyl (C=O) groups is 1. The van der Waals surface area contributed by atoms with E-state index in [4.69, 9.17) is 0 Å². The number of hydrogen-bond donors (Lipinski definition) is 1. The van der Waals surface area contributed by atoms with Crippen molar-refractivity contribution in [3.05, 3.63) is 80.2 Å². The Hall–Kier alpha value is -3.26. The number of hydrogen-bond acceptors (Lipinski definition) is 4. The van der Waals surface area contributed by atoms with Crippen molar-refractivity contribution in [2.24, 2.45) is 5.92 Å². The van der Waals surface area contributed by atoms with Crippen molar-refractivity contribution >= 4 is 16.8 Å². The van der Waals surface area contributed by atoms with Crippen molar-refractivity contribution in [3.63, 3.8) is 0 Å². The lowest BCUT2D eigenvalue weighted by atomic mass is 10.0. The smallest absolute Gasteiger partial charge is 0.329 e. The quantitative estimate of drug-likeness (QED) is 0.590. The van der Waals surface area contributed by atoms with E-state index in [1.165, 1.54) is 29.5 Å². The second-order valence-electron chi connectivity index (χ2n) is 10.1. The molecule has 1 saturated carbocycles. The van der Waals surface area contributed by atoms with Crippen LogP contribution in [0.2, 0.25) is 0 Å². The Morgan fingerprint density at radius 3 is 2.63 bits per heavy atom. The Balaban J connectivity index is 1.41. The number of piperazine rings is 1. The van der Waals surface area contributed by atoms with Gasteiger partial charge in [0.1, 0.15) is 5.82 Å². The molecule has 2 heterocycles. The lowest BCUT2D eigenvalue weighted by molar-refractivity contribution is 0.0339. The normalized spacial score (nSPS) is 19.0. The Morgan fingerprint density at radius 1 is 1.11 bits per heavy atom. The molecule has 184 valence electrons. The highest BCUT2D eigenvalue weighted by molar-refractivity contribution is 5.94. The van der Waals surface area contributed by atoms with Crippen LogP contribution >= 0.6 is 0 Å². The fourth-order valence-electron chi connectivity index (χ4n) is 5.27. The van der Waals surface area contributed by atoms with Crippen LogP contribution in [0.1, 0.15) is 49.0 Å². The first-order valence-electron chi connectivity index (χ1n) is 12.4. The van der Waals surface area contributed by atoms with Gasteiger partial charge in [-0.25, -0.2) is 9.18 Å². The number of carbonyl (C=O) groups excluding carboxylic acids is 1. The van der Waals surface area contributed by atoms with Gasteiger partial charge in [0.25, 0.3) is 11.5 Å². The number of aromatic nitrogens is 2. The van der Waals surface area contributed by atoms with E-state index in [0.29, 0.717) is 35.6 Å². The number of nitrogens with one attached hydrogen (secondary N) is 1. The van der Waals surface area contributed by atoms with E-state index in [-0.39, 0.29) is 24.1 Å². The summed E-state index contributed by atoms with van der Waals surface area (Å²) in [5.74, 6) is -0.142. The molecule has 1 amide bonds. The maximum Gasteiger partial charge on any atom is 0.329 e. The standard InChI is InChI=1S/C27H31FN4O3/c1-17(2)31-12-11-30(16-20(31)13-18-7-8-18)26(34)22-14-19(9-10-23(22)28)15-32-24-6-4-3-5-21(24)25(33)29-27(32)35/h3-6,9-10,14,17-18,20H,7-8,11-13,15-16H2,1-2H3,(H,29,33,35). The van der Waals surface area contributed by atoms with E-state index in [9.17, 15) is 18.8 Å². The van der Waals surface area contributed by atoms with Gasteiger partial charge >= 0.3 is 5.69 Å². The van der Waals surface area contributed by atoms with Crippen LogP contribution in [0.5, 0.6) is 0 Å². The summed E-state index contributed by atoms with van der Waals surface area (Å²) >= 11 is 0. The molecule has 0 radical (unpaired) electrons. The van der Waals surface area contributed by atoms with Gasteiger partial charge in [-0.15, -0.1) is 0 Å². The van der Waals surface area contributed by atoms with E-state index >= 15 is 0 Å². The highest BCUT2D eigenvalue weighted by atomic mass is 19.1. The summed E-state index contributed by atoms with van der Waals surface area (Å²) in [7, 11) is 0. The van der Waals surface area contributed by atoms with Crippen LogP contribution in [-0.2, 0) is 6.54 Å². The number of nitrogens with zero attached hydrogens (tertiary/aromatic N) is 3. The van der Waals surface area contributed by atoms with Gasteiger partial charge in [-0.05, 0) is 56.0 Å². The molecule has 3 aromatic rings. The largest absolute Gasteiger partial charge is 0.336 e. The molecule has 1 aliphatic carbocycles. The SMILES string of the molecule is CC(C)N1CCN(C(=O)c2cc(Cn3c(=O)[nH]c(=O)c4ccccc43)ccc2F)CC1CC1CC1. The molecule has 7 nitrogen and oxygen atoms in total. The molecule has 1 saturated heterocycles. The van der Waals surface area contributed by atoms with Crippen LogP contribution in [0, 0.1) is 11.7 Å². The van der Waals surface area contributed by atoms with E-state index in [0.717, 1.165) is 18.9 Å². The van der Waals surface area contributed by atoms with Gasteiger partial charge in [-0.1, -0.05) is 31.0 Å². The molecule has 8 heteroatoms. The zero-order valence-electron chi connectivity index (χ0n) is 20.2. The number of fused-ring (bicyclic) bond motifs is 1. The minimum absolute atomic E-state index is 0.0208. The Kier molecular flexibility index (Phi) is 6.32. The van der Waals surface area contributed by atoms with Crippen molar-refractivity contribution in [3.8, 4) is 0 Å². The molecule has 1 unspecified atom stereocenters. The number of amides is 1. The fourth-order valence-corrected chi connectivity index (χ4v) is 5.27. The summed E-state index contributed by atoms with van der Waals surface area (Å²) in [6, 6.07) is 11.9. The maximum absolute atomic E-state index is 14.8. The molecule has 0 bridgehead atoms. The van der Waals surface area contributed by atoms with Crippen molar-refractivity contribution in [1.82, 2.24) is 19.4 Å². The molecule has 2 aromatic carbocycles. The van der Waals surface area contributed by atoms with Crippen LogP contribution in [0.3, 0.4) is 0 Å². The minimum Gasteiger partial charge on any atom is -0.336 e. The van der Waals surface area contributed by atoms with Crippen LogP contribution in [0.15, 0.2) is 52.1 Å². The highest BCUT2D eigenvalue weighted by Crippen LogP contribution is 2.36. The second kappa shape index (κ2) is 9.41. The molecule has 35 heavy (non-hydrogen) atoms. The van der Waals surface area contributed by atoms with Gasteiger partial charge in [0, 0.05) is 31.7 Å². The third-order valence-corrected chi connectivity index (χ3v) is 7.29. The summed E-state index contributed by atoms with van der Waals surface area (Å²) in [4.78, 5) is 44.7. The predicted octanol–water partition coefficient (Wildman–Crippen LogP) is 3.21. The summed E-state index contributed by atoms with van der Waals surface area (Å²) < 4.78 is 16.3. The van der Waals surface area contributed by atoms with Crippen LogP contribution in [-0.4, -0.2) is 57.0 Å². The van der Waals surface area contributed by atoms with Gasteiger partial charge in [0.15, 0.2) is 0 Å². The molecule has 0 spiro atoms. The predicted molar refractivity (Wildman–Crippen MR) is 133 cm³/mol. The summed E-state index contributed by atoms with van der Waals surface area (Å²) in [5, 5.41) is 0.398. The number of benzene rings is 2. The third-order valence-electron chi connectivity index (χ3n) is 7.29. The Labute approximate surface area is 203 Å². The lowest BCUT2D eigenvalue weighted by Crippen LogP contribution is -2.56. The van der Waals surface area contributed by atoms with Crippen LogP contribution < -0.4 is 11.2 Å². The van der Waals surface area contributed by atoms with E-state index in [2.05, 4.69) is 23.7 Å². The summed E-state index contributed by atoms with van der Waals surface area (Å²) in [6.07, 6.45) is 3.59. The first kappa shape index (κ1) is 23.5. The number of para-hydroxylation sites is 1. The minimum atomic E-state index is -0.567. The van der Waals surface area contributed by atoms with E-state index in [1.807, 2.05) is 0 Å². The van der Waals surface area contributed by atoms with Crippen LogP contribution in [0.25, 0.3) is 10.9 Å². The molecule has 1 aliphatic heterocycles. The zero-order valence-corrected chi connectivity index (χ0v) is 20.2. The van der Waals surface area contributed by atoms with Gasteiger partial charge in [-0.2, -0.15) is 0 Å². The number of rotatable bonds is 6. The maximum atomic E-state index is 14.8. The average molecular weight is 479 g/mol. The molecule has 2 aliphatic rings. The molecule has 1 atom stereocenters. The van der Waals surface area contributed by atoms with Crippen molar-refractivity contribution in [2.45, 2.75) is 51.7 Å². The highest BCUT2D eigenvalue weighted by Gasteiger charge is 2.35. The van der Waals surface area contributed by atoms with Crippen molar-refractivity contribution in [2.75, 3.05) is 19.6 Å². The molecule has 1 aromatic heterocycles. The number of halogens is 1. The molecule has 2 fully saturated rings. The first-order chi connectivity index (χ1) is 16.8. The third kappa shape index (κ3) is 4.80. The monoisotopic (exact) mass is 478 g/mol. The number of aromatic amines is 1. The Bertz CT molecular complexity index is 1370. The molecular formula is C27H31FN4O3. The van der Waals surface area contributed by atoms with E-state index < -0.39 is 17.1 Å². The average Bonchev–Trinajstić information content (AvgIpc) is 3.66.